The van der Waals surface area contributed by atoms with Gasteiger partial charge in [0.1, 0.15) is 0 Å². The maximum atomic E-state index is 13.0. The third-order valence-corrected chi connectivity index (χ3v) is 4.71. The summed E-state index contributed by atoms with van der Waals surface area (Å²) in [6.45, 7) is 0.724. The van der Waals surface area contributed by atoms with E-state index < -0.39 is 0 Å². The molecule has 0 spiro atoms. The van der Waals surface area contributed by atoms with Gasteiger partial charge in [-0.1, -0.05) is 18.2 Å². The van der Waals surface area contributed by atoms with E-state index in [2.05, 4.69) is 10.1 Å². The third kappa shape index (κ3) is 2.64. The van der Waals surface area contributed by atoms with Crippen LogP contribution >= 0.6 is 0 Å². The molecule has 0 saturated carbocycles. The van der Waals surface area contributed by atoms with Crippen LogP contribution in [0.2, 0.25) is 0 Å². The van der Waals surface area contributed by atoms with Gasteiger partial charge in [0, 0.05) is 29.1 Å². The number of hydrogen-bond acceptors (Lipinski definition) is 4. The van der Waals surface area contributed by atoms with Gasteiger partial charge < -0.3 is 15.0 Å². The number of carbonyl (C=O) groups excluding carboxylic acids is 1. The molecular weight excluding hydrogens is 336 g/mol. The van der Waals surface area contributed by atoms with Crippen LogP contribution in [0.5, 0.6) is 0 Å². The number of benzene rings is 1. The van der Waals surface area contributed by atoms with Crippen LogP contribution in [0.1, 0.15) is 21.6 Å². The van der Waals surface area contributed by atoms with Crippen LogP contribution in [0.3, 0.4) is 0 Å². The number of aromatic amines is 2. The van der Waals surface area contributed by atoms with Gasteiger partial charge in [0.2, 0.25) is 5.56 Å². The number of aliphatic hydroxyl groups excluding tert-OH is 1. The summed E-state index contributed by atoms with van der Waals surface area (Å²) in [4.78, 5) is 41.5. The second-order valence-corrected chi connectivity index (χ2v) is 6.32. The molecule has 134 valence electrons. The molecule has 1 aliphatic heterocycles. The fraction of sp³-hybridized carbons (Fsp3) is 0.278. The summed E-state index contributed by atoms with van der Waals surface area (Å²) in [6, 6.07) is 8.49. The van der Waals surface area contributed by atoms with Gasteiger partial charge in [-0.2, -0.15) is 0 Å². The molecular formula is C18H18N4O4. The van der Waals surface area contributed by atoms with Crippen molar-refractivity contribution in [1.82, 2.24) is 19.7 Å². The van der Waals surface area contributed by atoms with E-state index in [9.17, 15) is 14.4 Å². The van der Waals surface area contributed by atoms with Gasteiger partial charge in [-0.15, -0.1) is 0 Å². The highest BCUT2D eigenvalue weighted by atomic mass is 16.3. The predicted octanol–water partition coefficient (Wildman–Crippen LogP) is 0.209. The van der Waals surface area contributed by atoms with Crippen molar-refractivity contribution in [3.8, 4) is 0 Å². The Bertz CT molecular complexity index is 1110. The van der Waals surface area contributed by atoms with Gasteiger partial charge in [0.05, 0.1) is 31.0 Å². The van der Waals surface area contributed by atoms with Crippen LogP contribution in [0.25, 0.3) is 10.9 Å². The Morgan fingerprint density at radius 3 is 2.85 bits per heavy atom. The van der Waals surface area contributed by atoms with Crippen molar-refractivity contribution in [2.75, 3.05) is 13.2 Å². The van der Waals surface area contributed by atoms with Crippen molar-refractivity contribution in [1.29, 1.82) is 0 Å². The first-order valence-corrected chi connectivity index (χ1v) is 8.41. The normalized spacial score (nSPS) is 13.8. The molecule has 0 atom stereocenters. The molecule has 0 bridgehead atoms. The summed E-state index contributed by atoms with van der Waals surface area (Å²) in [6.07, 6.45) is 0.440. The lowest BCUT2D eigenvalue weighted by Crippen LogP contribution is -2.37. The summed E-state index contributed by atoms with van der Waals surface area (Å²) < 4.78 is 1.36. The zero-order chi connectivity index (χ0) is 18.3. The molecule has 0 radical (unpaired) electrons. The smallest absolute Gasteiger partial charge is 0.270 e. The van der Waals surface area contributed by atoms with E-state index >= 15 is 0 Å². The Kier molecular flexibility index (Phi) is 3.96. The zero-order valence-corrected chi connectivity index (χ0v) is 14.0. The number of nitrogens with zero attached hydrogens (tertiary/aromatic N) is 2. The molecule has 3 aromatic rings. The fourth-order valence-electron chi connectivity index (χ4n) is 3.46. The number of carbonyl (C=O) groups is 1. The van der Waals surface area contributed by atoms with E-state index in [1.54, 1.807) is 23.1 Å². The quantitative estimate of drug-likeness (QED) is 0.624. The monoisotopic (exact) mass is 354 g/mol. The number of H-pyrrole nitrogens is 2. The van der Waals surface area contributed by atoms with Crippen LogP contribution in [-0.2, 0) is 19.5 Å². The van der Waals surface area contributed by atoms with Crippen LogP contribution in [-0.4, -0.2) is 43.8 Å². The van der Waals surface area contributed by atoms with Crippen molar-refractivity contribution in [3.63, 3.8) is 0 Å². The standard InChI is InChI=1S/C18H18N4O4/c23-8-7-22-18(26)12-5-6-21(10-15(12)20-22)17(25)13-9-16(24)19-14-4-2-1-3-11(13)14/h1-4,9,20,23H,5-8,10H2,(H,19,24). The first-order chi connectivity index (χ1) is 12.6. The Morgan fingerprint density at radius 1 is 1.23 bits per heavy atom. The molecule has 1 aliphatic rings. The predicted molar refractivity (Wildman–Crippen MR) is 95.2 cm³/mol. The SMILES string of the molecule is O=C(c1cc(=O)[nH]c2ccccc12)N1CCc2c([nH]n(CCO)c2=O)C1. The number of pyridine rings is 1. The Hall–Kier alpha value is -3.13. The second-order valence-electron chi connectivity index (χ2n) is 6.32. The molecule has 3 N–H and O–H groups in total. The van der Waals surface area contributed by atoms with Crippen LogP contribution in [0.15, 0.2) is 39.9 Å². The van der Waals surface area contributed by atoms with E-state index in [1.807, 2.05) is 6.07 Å². The first kappa shape index (κ1) is 16.3. The van der Waals surface area contributed by atoms with E-state index in [-0.39, 0.29) is 36.7 Å². The van der Waals surface area contributed by atoms with E-state index in [4.69, 9.17) is 5.11 Å². The van der Waals surface area contributed by atoms with Crippen LogP contribution < -0.4 is 11.1 Å². The number of para-hydroxylation sites is 1. The molecule has 1 aromatic carbocycles. The minimum absolute atomic E-state index is 0.138. The zero-order valence-electron chi connectivity index (χ0n) is 14.0. The summed E-state index contributed by atoms with van der Waals surface area (Å²) in [5.74, 6) is -0.242. The van der Waals surface area contributed by atoms with E-state index in [0.29, 0.717) is 40.7 Å². The largest absolute Gasteiger partial charge is 0.394 e. The summed E-state index contributed by atoms with van der Waals surface area (Å²) in [5.41, 5.74) is 1.82. The van der Waals surface area contributed by atoms with Gasteiger partial charge in [-0.25, -0.2) is 0 Å². The van der Waals surface area contributed by atoms with Crippen molar-refractivity contribution >= 4 is 16.8 Å². The molecule has 3 heterocycles. The molecule has 8 heteroatoms. The van der Waals surface area contributed by atoms with Crippen molar-refractivity contribution in [2.45, 2.75) is 19.5 Å². The van der Waals surface area contributed by atoms with Gasteiger partial charge in [0.25, 0.3) is 11.5 Å². The number of hydrogen-bond donors (Lipinski definition) is 3. The van der Waals surface area contributed by atoms with Gasteiger partial charge >= 0.3 is 0 Å². The van der Waals surface area contributed by atoms with E-state index in [0.717, 1.165) is 0 Å². The molecule has 0 saturated heterocycles. The Balaban J connectivity index is 1.70. The minimum Gasteiger partial charge on any atom is -0.394 e. The van der Waals surface area contributed by atoms with Gasteiger partial charge in [-0.3, -0.25) is 24.2 Å². The first-order valence-electron chi connectivity index (χ1n) is 8.41. The topological polar surface area (TPSA) is 111 Å². The van der Waals surface area contributed by atoms with Crippen molar-refractivity contribution < 1.29 is 9.90 Å². The van der Waals surface area contributed by atoms with Gasteiger partial charge in [-0.05, 0) is 12.5 Å². The maximum Gasteiger partial charge on any atom is 0.270 e. The van der Waals surface area contributed by atoms with Crippen LogP contribution in [0.4, 0.5) is 0 Å². The summed E-state index contributed by atoms with van der Waals surface area (Å²) in [5, 5.41) is 12.7. The fourth-order valence-corrected chi connectivity index (χ4v) is 3.46. The molecule has 4 rings (SSSR count). The summed E-state index contributed by atoms with van der Waals surface area (Å²) >= 11 is 0. The number of aromatic nitrogens is 3. The molecule has 8 nitrogen and oxygen atoms in total. The molecule has 2 aromatic heterocycles. The molecule has 0 fully saturated rings. The van der Waals surface area contributed by atoms with Crippen molar-refractivity contribution in [3.05, 3.63) is 67.9 Å². The highest BCUT2D eigenvalue weighted by molar-refractivity contribution is 6.05. The average Bonchev–Trinajstić information content (AvgIpc) is 2.96. The van der Waals surface area contributed by atoms with Gasteiger partial charge in [0.15, 0.2) is 0 Å². The van der Waals surface area contributed by atoms with Crippen molar-refractivity contribution in [2.24, 2.45) is 0 Å². The second kappa shape index (κ2) is 6.30. The molecule has 0 unspecified atom stereocenters. The average molecular weight is 354 g/mol. The summed E-state index contributed by atoms with van der Waals surface area (Å²) in [7, 11) is 0. The highest BCUT2D eigenvalue weighted by Gasteiger charge is 2.27. The highest BCUT2D eigenvalue weighted by Crippen LogP contribution is 2.20. The lowest BCUT2D eigenvalue weighted by molar-refractivity contribution is 0.0734. The number of nitrogens with one attached hydrogen (secondary N) is 2. The lowest BCUT2D eigenvalue weighted by Gasteiger charge is -2.26. The number of amides is 1. The molecule has 1 amide bonds. The number of aliphatic hydroxyl groups is 1. The minimum atomic E-state index is -0.327. The third-order valence-electron chi connectivity index (χ3n) is 4.71. The van der Waals surface area contributed by atoms with E-state index in [1.165, 1.54) is 10.7 Å². The Labute approximate surface area is 147 Å². The molecule has 0 aliphatic carbocycles. The maximum absolute atomic E-state index is 13.0. The lowest BCUT2D eigenvalue weighted by atomic mass is 10.0. The Morgan fingerprint density at radius 2 is 2.04 bits per heavy atom. The van der Waals surface area contributed by atoms with Crippen LogP contribution in [0, 0.1) is 0 Å². The molecule has 26 heavy (non-hydrogen) atoms. The number of fused-ring (bicyclic) bond motifs is 2. The number of rotatable bonds is 3.